The topological polar surface area (TPSA) is 88.5 Å². The molecule has 1 atom stereocenters. The van der Waals surface area contributed by atoms with E-state index >= 15 is 0 Å². The van der Waals surface area contributed by atoms with Crippen LogP contribution in [0.3, 0.4) is 0 Å². The van der Waals surface area contributed by atoms with E-state index in [1.54, 1.807) is 0 Å². The monoisotopic (exact) mass is 264 g/mol. The van der Waals surface area contributed by atoms with Gasteiger partial charge in [0.2, 0.25) is 0 Å². The summed E-state index contributed by atoms with van der Waals surface area (Å²) in [4.78, 5) is 26.7. The Bertz CT molecular complexity index is 469. The van der Waals surface area contributed by atoms with Crippen LogP contribution < -0.4 is 5.32 Å². The molecule has 0 aliphatic carbocycles. The van der Waals surface area contributed by atoms with E-state index < -0.39 is 5.97 Å². The van der Waals surface area contributed by atoms with Crippen LogP contribution in [-0.4, -0.2) is 41.7 Å². The van der Waals surface area contributed by atoms with E-state index in [0.717, 1.165) is 19.4 Å². The Hall–Kier alpha value is -1.95. The van der Waals surface area contributed by atoms with Gasteiger partial charge in [0, 0.05) is 25.5 Å². The van der Waals surface area contributed by atoms with Crippen LogP contribution in [0, 0.1) is 5.92 Å². The van der Waals surface area contributed by atoms with Crippen LogP contribution in [0.2, 0.25) is 0 Å². The van der Waals surface area contributed by atoms with Crippen molar-refractivity contribution in [2.45, 2.75) is 12.8 Å². The molecule has 19 heavy (non-hydrogen) atoms. The molecule has 0 spiro atoms. The van der Waals surface area contributed by atoms with E-state index in [9.17, 15) is 9.59 Å². The zero-order valence-corrected chi connectivity index (χ0v) is 10.5. The maximum Gasteiger partial charge on any atom is 0.338 e. The molecule has 0 aromatic carbocycles. The first-order chi connectivity index (χ1) is 9.18. The lowest BCUT2D eigenvalue weighted by atomic mass is 10.0. The van der Waals surface area contributed by atoms with Crippen LogP contribution in [0.4, 0.5) is 0 Å². The van der Waals surface area contributed by atoms with Gasteiger partial charge in [0.1, 0.15) is 0 Å². The molecule has 1 unspecified atom stereocenters. The summed E-state index contributed by atoms with van der Waals surface area (Å²) < 4.78 is 5.33. The number of rotatable bonds is 4. The van der Waals surface area contributed by atoms with E-state index in [2.05, 4.69) is 10.3 Å². The molecule has 2 rings (SSSR count). The smallest absolute Gasteiger partial charge is 0.338 e. The molecule has 2 heterocycles. The van der Waals surface area contributed by atoms with Gasteiger partial charge in [0.15, 0.2) is 0 Å². The van der Waals surface area contributed by atoms with Crippen molar-refractivity contribution >= 4 is 11.9 Å². The quantitative estimate of drug-likeness (QED) is 0.844. The number of hydrogen-bond acceptors (Lipinski definition) is 4. The fraction of sp³-hybridized carbons (Fsp3) is 0.462. The van der Waals surface area contributed by atoms with Gasteiger partial charge in [-0.25, -0.2) is 4.79 Å². The lowest BCUT2D eigenvalue weighted by Gasteiger charge is -2.22. The Morgan fingerprint density at radius 1 is 1.47 bits per heavy atom. The van der Waals surface area contributed by atoms with Crippen LogP contribution in [0.1, 0.15) is 33.6 Å². The molecule has 1 fully saturated rings. The van der Waals surface area contributed by atoms with E-state index in [-0.39, 0.29) is 17.0 Å². The maximum atomic E-state index is 12.0. The van der Waals surface area contributed by atoms with Crippen molar-refractivity contribution in [1.29, 1.82) is 0 Å². The number of nitrogens with one attached hydrogen (secondary N) is 1. The van der Waals surface area contributed by atoms with Crippen molar-refractivity contribution in [3.8, 4) is 0 Å². The van der Waals surface area contributed by atoms with Crippen LogP contribution >= 0.6 is 0 Å². The fourth-order valence-corrected chi connectivity index (χ4v) is 2.06. The maximum absolute atomic E-state index is 12.0. The van der Waals surface area contributed by atoms with Crippen LogP contribution in [0.25, 0.3) is 0 Å². The van der Waals surface area contributed by atoms with Crippen molar-refractivity contribution in [2.75, 3.05) is 19.8 Å². The average molecular weight is 264 g/mol. The number of aromatic carboxylic acids is 1. The van der Waals surface area contributed by atoms with Crippen LogP contribution in [0.5, 0.6) is 0 Å². The molecule has 1 aromatic heterocycles. The molecule has 1 saturated heterocycles. The third-order valence-electron chi connectivity index (χ3n) is 3.10. The summed E-state index contributed by atoms with van der Waals surface area (Å²) in [7, 11) is 0. The predicted molar refractivity (Wildman–Crippen MR) is 67.1 cm³/mol. The van der Waals surface area contributed by atoms with Gasteiger partial charge in [-0.1, -0.05) is 0 Å². The molecule has 0 radical (unpaired) electrons. The second kappa shape index (κ2) is 6.29. The lowest BCUT2D eigenvalue weighted by molar-refractivity contribution is 0.0535. The van der Waals surface area contributed by atoms with Crippen LogP contribution in [-0.2, 0) is 4.74 Å². The Morgan fingerprint density at radius 2 is 2.32 bits per heavy atom. The Morgan fingerprint density at radius 3 is 3.00 bits per heavy atom. The predicted octanol–water partition coefficient (Wildman–Crippen LogP) is 0.936. The fourth-order valence-electron chi connectivity index (χ4n) is 2.06. The number of nitrogens with zero attached hydrogens (tertiary/aromatic N) is 1. The van der Waals surface area contributed by atoms with Crippen molar-refractivity contribution < 1.29 is 19.4 Å². The van der Waals surface area contributed by atoms with E-state index in [1.165, 1.54) is 18.5 Å². The van der Waals surface area contributed by atoms with Crippen molar-refractivity contribution in [3.63, 3.8) is 0 Å². The highest BCUT2D eigenvalue weighted by molar-refractivity contribution is 6.04. The zero-order valence-electron chi connectivity index (χ0n) is 10.5. The van der Waals surface area contributed by atoms with Gasteiger partial charge in [0.25, 0.3) is 5.91 Å². The first-order valence-electron chi connectivity index (χ1n) is 6.21. The number of amides is 1. The van der Waals surface area contributed by atoms with Gasteiger partial charge in [0.05, 0.1) is 17.7 Å². The van der Waals surface area contributed by atoms with Gasteiger partial charge in [-0.2, -0.15) is 0 Å². The van der Waals surface area contributed by atoms with E-state index in [1.807, 2.05) is 0 Å². The highest BCUT2D eigenvalue weighted by Crippen LogP contribution is 2.13. The number of carbonyl (C=O) groups is 2. The number of carbonyl (C=O) groups excluding carboxylic acids is 1. The third kappa shape index (κ3) is 3.51. The third-order valence-corrected chi connectivity index (χ3v) is 3.10. The summed E-state index contributed by atoms with van der Waals surface area (Å²) in [6.45, 7) is 1.92. The number of carboxylic acids is 1. The van der Waals surface area contributed by atoms with Gasteiger partial charge >= 0.3 is 5.97 Å². The summed E-state index contributed by atoms with van der Waals surface area (Å²) in [5.41, 5.74) is 0.0547. The van der Waals surface area contributed by atoms with Gasteiger partial charge in [-0.3, -0.25) is 9.78 Å². The van der Waals surface area contributed by atoms with E-state index in [0.29, 0.717) is 19.1 Å². The molecule has 6 heteroatoms. The number of hydrogen-bond donors (Lipinski definition) is 2. The van der Waals surface area contributed by atoms with Gasteiger partial charge < -0.3 is 15.2 Å². The number of aromatic nitrogens is 1. The number of pyridine rings is 1. The summed E-state index contributed by atoms with van der Waals surface area (Å²) >= 11 is 0. The summed E-state index contributed by atoms with van der Waals surface area (Å²) in [5.74, 6) is -1.24. The SMILES string of the molecule is O=C(O)c1cnccc1C(=O)NCC1CCCOC1. The minimum Gasteiger partial charge on any atom is -0.478 e. The van der Waals surface area contributed by atoms with E-state index in [4.69, 9.17) is 9.84 Å². The van der Waals surface area contributed by atoms with Crippen LogP contribution in [0.15, 0.2) is 18.5 Å². The summed E-state index contributed by atoms with van der Waals surface area (Å²) in [5, 5.41) is 11.7. The molecule has 0 bridgehead atoms. The molecule has 2 N–H and O–H groups in total. The standard InChI is InChI=1S/C13H16N2O4/c16-12(15-6-9-2-1-5-19-8-9)10-3-4-14-7-11(10)13(17)18/h3-4,7,9H,1-2,5-6,8H2,(H,15,16)(H,17,18). The molecule has 6 nitrogen and oxygen atoms in total. The van der Waals surface area contributed by atoms with Gasteiger partial charge in [-0.15, -0.1) is 0 Å². The minimum atomic E-state index is -1.15. The Balaban J connectivity index is 1.97. The first kappa shape index (κ1) is 13.5. The molecule has 1 aliphatic rings. The zero-order chi connectivity index (χ0) is 13.7. The first-order valence-corrected chi connectivity index (χ1v) is 6.21. The van der Waals surface area contributed by atoms with Gasteiger partial charge in [-0.05, 0) is 24.8 Å². The molecule has 102 valence electrons. The summed E-state index contributed by atoms with van der Waals surface area (Å²) in [6, 6.07) is 1.41. The molecule has 1 aliphatic heterocycles. The lowest BCUT2D eigenvalue weighted by Crippen LogP contribution is -2.34. The van der Waals surface area contributed by atoms with Crippen molar-refractivity contribution in [2.24, 2.45) is 5.92 Å². The minimum absolute atomic E-state index is 0.0834. The van der Waals surface area contributed by atoms with Crippen molar-refractivity contribution in [3.05, 3.63) is 29.6 Å². The number of carboxylic acid groups (broad SMARTS) is 1. The second-order valence-corrected chi connectivity index (χ2v) is 4.52. The molecule has 1 amide bonds. The molecular weight excluding hydrogens is 248 g/mol. The summed E-state index contributed by atoms with van der Waals surface area (Å²) in [6.07, 6.45) is 4.60. The molecule has 1 aromatic rings. The average Bonchev–Trinajstić information content (AvgIpc) is 2.46. The highest BCUT2D eigenvalue weighted by Gasteiger charge is 2.19. The largest absolute Gasteiger partial charge is 0.478 e. The Kier molecular flexibility index (Phi) is 4.46. The normalized spacial score (nSPS) is 18.8. The molecular formula is C13H16N2O4. The Labute approximate surface area is 110 Å². The highest BCUT2D eigenvalue weighted by atomic mass is 16.5. The second-order valence-electron chi connectivity index (χ2n) is 4.52. The molecule has 0 saturated carbocycles. The van der Waals surface area contributed by atoms with Crippen molar-refractivity contribution in [1.82, 2.24) is 10.3 Å². The number of ether oxygens (including phenoxy) is 1.